The van der Waals surface area contributed by atoms with Crippen LogP contribution in [0.1, 0.15) is 16.7 Å². The average molecular weight is 424 g/mol. The molecule has 3 rings (SSSR count). The Balaban J connectivity index is 1.93. The number of benzene rings is 3. The van der Waals surface area contributed by atoms with Crippen molar-refractivity contribution in [2.24, 2.45) is 0 Å². The van der Waals surface area contributed by atoms with Gasteiger partial charge in [-0.1, -0.05) is 65.7 Å². The van der Waals surface area contributed by atoms with E-state index in [-0.39, 0.29) is 16.4 Å². The summed E-state index contributed by atoms with van der Waals surface area (Å²) in [5.74, 6) is 0.458. The lowest BCUT2D eigenvalue weighted by Crippen LogP contribution is -2.04. The molecule has 0 aliphatic rings. The highest BCUT2D eigenvalue weighted by molar-refractivity contribution is 7.95. The predicted octanol–water partition coefficient (Wildman–Crippen LogP) is 5.57. The van der Waals surface area contributed by atoms with Gasteiger partial charge in [0.2, 0.25) is 9.84 Å². The van der Waals surface area contributed by atoms with Crippen molar-refractivity contribution in [2.45, 2.75) is 18.4 Å². The molecule has 0 amide bonds. The highest BCUT2D eigenvalue weighted by Gasteiger charge is 2.21. The van der Waals surface area contributed by atoms with Gasteiger partial charge in [-0.05, 0) is 37.3 Å². The van der Waals surface area contributed by atoms with Crippen LogP contribution in [0.4, 0.5) is 0 Å². The zero-order valence-corrected chi connectivity index (χ0v) is 17.2. The number of allylic oxidation sites excluding steroid dienone is 1. The van der Waals surface area contributed by atoms with Gasteiger partial charge in [0.15, 0.2) is 0 Å². The van der Waals surface area contributed by atoms with Crippen molar-refractivity contribution in [3.8, 4) is 11.8 Å². The van der Waals surface area contributed by atoms with Crippen LogP contribution in [0.25, 0.3) is 6.08 Å². The molecule has 0 unspecified atom stereocenters. The van der Waals surface area contributed by atoms with Crippen molar-refractivity contribution < 1.29 is 13.2 Å². The first-order chi connectivity index (χ1) is 13.9. The highest BCUT2D eigenvalue weighted by atomic mass is 35.5. The molecule has 4 nitrogen and oxygen atoms in total. The third-order valence-corrected chi connectivity index (χ3v) is 6.33. The molecule has 146 valence electrons. The Hall–Kier alpha value is -3.07. The molecule has 29 heavy (non-hydrogen) atoms. The molecule has 0 aliphatic carbocycles. The van der Waals surface area contributed by atoms with E-state index in [9.17, 15) is 13.7 Å². The Morgan fingerprint density at radius 3 is 2.38 bits per heavy atom. The monoisotopic (exact) mass is 423 g/mol. The number of hydrogen-bond acceptors (Lipinski definition) is 4. The van der Waals surface area contributed by atoms with E-state index in [4.69, 9.17) is 16.3 Å². The first-order valence-electron chi connectivity index (χ1n) is 8.80. The van der Waals surface area contributed by atoms with Crippen molar-refractivity contribution >= 4 is 27.5 Å². The fourth-order valence-electron chi connectivity index (χ4n) is 2.66. The minimum atomic E-state index is -3.93. The van der Waals surface area contributed by atoms with E-state index in [1.54, 1.807) is 42.5 Å². The molecule has 3 aromatic rings. The number of sulfone groups is 1. The first kappa shape index (κ1) is 20.7. The summed E-state index contributed by atoms with van der Waals surface area (Å²) in [6.07, 6.45) is 1.33. The Kier molecular flexibility index (Phi) is 6.38. The lowest BCUT2D eigenvalue weighted by Gasteiger charge is -2.11. The quantitative estimate of drug-likeness (QED) is 0.486. The van der Waals surface area contributed by atoms with Crippen LogP contribution in [0.3, 0.4) is 0 Å². The topological polar surface area (TPSA) is 67.2 Å². The van der Waals surface area contributed by atoms with Crippen molar-refractivity contribution in [1.29, 1.82) is 5.26 Å². The van der Waals surface area contributed by atoms with Crippen LogP contribution < -0.4 is 4.74 Å². The standard InChI is InChI=1S/C23H18ClNO3S/c1-17-10-12-20(13-11-17)29(26,27)21(15-25)14-18-6-3-5-9-23(18)28-16-19-7-2-4-8-22(19)24/h2-14H,16H2,1H3. The molecule has 3 aromatic carbocycles. The van der Waals surface area contributed by atoms with E-state index in [0.29, 0.717) is 16.3 Å². The Bertz CT molecular complexity index is 1190. The number of aryl methyl sites for hydroxylation is 1. The zero-order chi connectivity index (χ0) is 20.9. The number of nitriles is 1. The SMILES string of the molecule is Cc1ccc(S(=O)(=O)C(C#N)=Cc2ccccc2OCc2ccccc2Cl)cc1. The summed E-state index contributed by atoms with van der Waals surface area (Å²) in [4.78, 5) is -0.277. The zero-order valence-electron chi connectivity index (χ0n) is 15.7. The van der Waals surface area contributed by atoms with Crippen LogP contribution >= 0.6 is 11.6 Å². The van der Waals surface area contributed by atoms with Gasteiger partial charge in [-0.2, -0.15) is 5.26 Å². The van der Waals surface area contributed by atoms with Crippen LogP contribution in [0.15, 0.2) is 82.6 Å². The van der Waals surface area contributed by atoms with E-state index >= 15 is 0 Å². The summed E-state index contributed by atoms with van der Waals surface area (Å²) < 4.78 is 31.6. The first-order valence-corrected chi connectivity index (χ1v) is 10.7. The molecular weight excluding hydrogens is 406 g/mol. The fraction of sp³-hybridized carbons (Fsp3) is 0.0870. The smallest absolute Gasteiger partial charge is 0.216 e. The summed E-state index contributed by atoms with van der Waals surface area (Å²) in [5.41, 5.74) is 2.23. The van der Waals surface area contributed by atoms with Gasteiger partial charge in [0.25, 0.3) is 0 Å². The van der Waals surface area contributed by atoms with Gasteiger partial charge in [0.05, 0.1) is 4.90 Å². The average Bonchev–Trinajstić information content (AvgIpc) is 2.72. The van der Waals surface area contributed by atoms with Crippen LogP contribution in [0, 0.1) is 18.3 Å². The Morgan fingerprint density at radius 1 is 1.03 bits per heavy atom. The van der Waals surface area contributed by atoms with Crippen molar-refractivity contribution in [2.75, 3.05) is 0 Å². The van der Waals surface area contributed by atoms with Crippen LogP contribution in [-0.4, -0.2) is 8.42 Å². The van der Waals surface area contributed by atoms with Gasteiger partial charge >= 0.3 is 0 Å². The van der Waals surface area contributed by atoms with E-state index in [1.165, 1.54) is 18.2 Å². The highest BCUT2D eigenvalue weighted by Crippen LogP contribution is 2.27. The van der Waals surface area contributed by atoms with Crippen LogP contribution in [-0.2, 0) is 16.4 Å². The molecule has 0 saturated carbocycles. The van der Waals surface area contributed by atoms with E-state index < -0.39 is 9.84 Å². The molecule has 0 radical (unpaired) electrons. The third-order valence-electron chi connectivity index (χ3n) is 4.28. The van der Waals surface area contributed by atoms with Gasteiger partial charge < -0.3 is 4.74 Å². The summed E-state index contributed by atoms with van der Waals surface area (Å²) in [6.45, 7) is 2.08. The van der Waals surface area contributed by atoms with Gasteiger partial charge in [-0.25, -0.2) is 8.42 Å². The second kappa shape index (κ2) is 8.95. The molecule has 0 bridgehead atoms. The number of para-hydroxylation sites is 1. The Labute approximate surface area is 175 Å². The summed E-state index contributed by atoms with van der Waals surface area (Å²) in [7, 11) is -3.93. The summed E-state index contributed by atoms with van der Waals surface area (Å²) in [6, 6.07) is 22.5. The maximum absolute atomic E-state index is 12.9. The van der Waals surface area contributed by atoms with Crippen molar-refractivity contribution in [3.63, 3.8) is 0 Å². The normalized spacial score (nSPS) is 11.7. The molecular formula is C23H18ClNO3S. The Morgan fingerprint density at radius 2 is 1.69 bits per heavy atom. The van der Waals surface area contributed by atoms with Crippen molar-refractivity contribution in [1.82, 2.24) is 0 Å². The second-order valence-corrected chi connectivity index (χ2v) is 8.68. The van der Waals surface area contributed by atoms with Gasteiger partial charge in [-0.15, -0.1) is 0 Å². The molecule has 0 fully saturated rings. The number of ether oxygens (including phenoxy) is 1. The lowest BCUT2D eigenvalue weighted by molar-refractivity contribution is 0.305. The molecule has 6 heteroatoms. The minimum absolute atomic E-state index is 0.0744. The van der Waals surface area contributed by atoms with Crippen molar-refractivity contribution in [3.05, 3.63) is 99.4 Å². The maximum atomic E-state index is 12.9. The number of hydrogen-bond donors (Lipinski definition) is 0. The van der Waals surface area contributed by atoms with Gasteiger partial charge in [0.1, 0.15) is 23.3 Å². The fourth-order valence-corrected chi connectivity index (χ4v) is 4.00. The number of rotatable bonds is 6. The lowest BCUT2D eigenvalue weighted by atomic mass is 10.2. The molecule has 0 heterocycles. The number of halogens is 1. The van der Waals surface area contributed by atoms with Gasteiger partial charge in [-0.3, -0.25) is 0 Å². The molecule has 0 aliphatic heterocycles. The van der Waals surface area contributed by atoms with Crippen LogP contribution in [0.2, 0.25) is 5.02 Å². The molecule has 0 N–H and O–H groups in total. The second-order valence-electron chi connectivity index (χ2n) is 6.35. The van der Waals surface area contributed by atoms with E-state index in [1.807, 2.05) is 31.2 Å². The number of nitrogens with zero attached hydrogens (tertiary/aromatic N) is 1. The summed E-state index contributed by atoms with van der Waals surface area (Å²) in [5, 5.41) is 10.1. The molecule has 0 saturated heterocycles. The van der Waals surface area contributed by atoms with Crippen LogP contribution in [0.5, 0.6) is 5.75 Å². The molecule has 0 aromatic heterocycles. The van der Waals surface area contributed by atoms with E-state index in [0.717, 1.165) is 11.1 Å². The minimum Gasteiger partial charge on any atom is -0.488 e. The maximum Gasteiger partial charge on any atom is 0.216 e. The van der Waals surface area contributed by atoms with E-state index in [2.05, 4.69) is 0 Å². The molecule has 0 atom stereocenters. The van der Waals surface area contributed by atoms with Gasteiger partial charge in [0, 0.05) is 16.1 Å². The predicted molar refractivity (Wildman–Crippen MR) is 114 cm³/mol. The largest absolute Gasteiger partial charge is 0.488 e. The molecule has 0 spiro atoms. The third kappa shape index (κ3) is 4.86. The summed E-state index contributed by atoms with van der Waals surface area (Å²) >= 11 is 6.16.